The third-order valence-electron chi connectivity index (χ3n) is 8.87. The van der Waals surface area contributed by atoms with Gasteiger partial charge >= 0.3 is 0 Å². The summed E-state index contributed by atoms with van der Waals surface area (Å²) in [6, 6.07) is 0. The maximum Gasteiger partial charge on any atom is 0.155 e. The molecule has 7 atom stereocenters. The molecular weight excluding hydrogens is 284 g/mol. The Kier molecular flexibility index (Phi) is 3.25. The highest BCUT2D eigenvalue weighted by atomic mass is 16.3. The molecule has 0 spiro atoms. The maximum absolute atomic E-state index is 11.9. The molecular formula is C21H32O2. The number of aliphatic hydroxyl groups is 1. The van der Waals surface area contributed by atoms with Gasteiger partial charge in [0.15, 0.2) is 5.78 Å². The standard InChI is InChI=1S/C21H32O2/c1-13-11-14-12-15(22)5-8-19(14,2)16-6-9-20(3)17(18(13)16)7-10-21(20,4)23/h12-13,16-18,23H,5-11H2,1-4H3/t13-,16?,17?,18?,19?,20?,21+/m1/s1. The Morgan fingerprint density at radius 2 is 1.78 bits per heavy atom. The van der Waals surface area contributed by atoms with Crippen LogP contribution in [-0.4, -0.2) is 16.5 Å². The van der Waals surface area contributed by atoms with Crippen LogP contribution in [0.3, 0.4) is 0 Å². The molecule has 2 heteroatoms. The van der Waals surface area contributed by atoms with E-state index in [1.165, 1.54) is 18.4 Å². The summed E-state index contributed by atoms with van der Waals surface area (Å²) in [5.74, 6) is 3.06. The number of fused-ring (bicyclic) bond motifs is 5. The average molecular weight is 316 g/mol. The van der Waals surface area contributed by atoms with Gasteiger partial charge in [0.1, 0.15) is 0 Å². The van der Waals surface area contributed by atoms with Crippen LogP contribution >= 0.6 is 0 Å². The molecule has 0 aromatic carbocycles. The van der Waals surface area contributed by atoms with E-state index in [1.807, 2.05) is 6.08 Å². The highest BCUT2D eigenvalue weighted by Gasteiger charge is 2.63. The third-order valence-corrected chi connectivity index (χ3v) is 8.87. The van der Waals surface area contributed by atoms with Gasteiger partial charge < -0.3 is 5.11 Å². The van der Waals surface area contributed by atoms with E-state index in [0.29, 0.717) is 23.5 Å². The monoisotopic (exact) mass is 316 g/mol. The van der Waals surface area contributed by atoms with E-state index in [9.17, 15) is 9.90 Å². The molecule has 2 nitrogen and oxygen atoms in total. The predicted octanol–water partition coefficient (Wildman–Crippen LogP) is 4.52. The van der Waals surface area contributed by atoms with Gasteiger partial charge in [0, 0.05) is 6.42 Å². The minimum Gasteiger partial charge on any atom is -0.390 e. The fourth-order valence-electron chi connectivity index (χ4n) is 7.15. The quantitative estimate of drug-likeness (QED) is 0.713. The van der Waals surface area contributed by atoms with Crippen molar-refractivity contribution in [1.82, 2.24) is 0 Å². The minimum absolute atomic E-state index is 0.0878. The van der Waals surface area contributed by atoms with Crippen molar-refractivity contribution in [3.8, 4) is 0 Å². The molecule has 5 unspecified atom stereocenters. The van der Waals surface area contributed by atoms with Crippen molar-refractivity contribution >= 4 is 5.78 Å². The number of ketones is 1. The molecule has 128 valence electrons. The first-order chi connectivity index (χ1) is 10.7. The molecule has 3 saturated carbocycles. The SMILES string of the molecule is C[C@@H]1CC2=CC(=O)CCC2(C)C2CCC3(C)C(CC[C@]3(C)O)C21. The summed E-state index contributed by atoms with van der Waals surface area (Å²) in [5, 5.41) is 11.0. The summed E-state index contributed by atoms with van der Waals surface area (Å²) in [7, 11) is 0. The van der Waals surface area contributed by atoms with Gasteiger partial charge in [-0.2, -0.15) is 0 Å². The smallest absolute Gasteiger partial charge is 0.155 e. The molecule has 0 aromatic rings. The van der Waals surface area contributed by atoms with Crippen LogP contribution in [0, 0.1) is 34.5 Å². The highest BCUT2D eigenvalue weighted by Crippen LogP contribution is 2.68. The Hall–Kier alpha value is -0.630. The molecule has 23 heavy (non-hydrogen) atoms. The van der Waals surface area contributed by atoms with Gasteiger partial charge in [-0.1, -0.05) is 26.3 Å². The largest absolute Gasteiger partial charge is 0.390 e. The van der Waals surface area contributed by atoms with Gasteiger partial charge in [-0.05, 0) is 86.0 Å². The number of rotatable bonds is 0. The summed E-state index contributed by atoms with van der Waals surface area (Å²) < 4.78 is 0. The molecule has 4 aliphatic rings. The van der Waals surface area contributed by atoms with E-state index in [0.717, 1.165) is 38.0 Å². The Labute approximate surface area is 140 Å². The van der Waals surface area contributed by atoms with Crippen molar-refractivity contribution in [1.29, 1.82) is 0 Å². The zero-order valence-corrected chi connectivity index (χ0v) is 15.2. The second-order valence-corrected chi connectivity index (χ2v) is 9.79. The molecule has 0 saturated heterocycles. The van der Waals surface area contributed by atoms with Gasteiger partial charge in [0.05, 0.1) is 5.60 Å². The van der Waals surface area contributed by atoms with Crippen LogP contribution in [0.25, 0.3) is 0 Å². The lowest BCUT2D eigenvalue weighted by Gasteiger charge is -2.60. The zero-order chi connectivity index (χ0) is 16.6. The number of hydrogen-bond donors (Lipinski definition) is 1. The molecule has 0 amide bonds. The second kappa shape index (κ2) is 4.71. The first kappa shape index (κ1) is 15.9. The Morgan fingerprint density at radius 3 is 2.52 bits per heavy atom. The van der Waals surface area contributed by atoms with Crippen LogP contribution in [0.1, 0.15) is 72.6 Å². The minimum atomic E-state index is -0.498. The van der Waals surface area contributed by atoms with Gasteiger partial charge in [0.2, 0.25) is 0 Å². The third kappa shape index (κ3) is 1.94. The van der Waals surface area contributed by atoms with E-state index < -0.39 is 5.60 Å². The van der Waals surface area contributed by atoms with E-state index in [4.69, 9.17) is 0 Å². The average Bonchev–Trinajstić information content (AvgIpc) is 2.72. The second-order valence-electron chi connectivity index (χ2n) is 9.79. The zero-order valence-electron chi connectivity index (χ0n) is 15.2. The van der Waals surface area contributed by atoms with Crippen molar-refractivity contribution in [3.63, 3.8) is 0 Å². The highest BCUT2D eigenvalue weighted by molar-refractivity contribution is 5.91. The Bertz CT molecular complexity index is 574. The number of allylic oxidation sites excluding steroid dienone is 1. The number of carbonyl (C=O) groups excluding carboxylic acids is 1. The van der Waals surface area contributed by atoms with E-state index in [2.05, 4.69) is 27.7 Å². The summed E-state index contributed by atoms with van der Waals surface area (Å²) in [6.07, 6.45) is 9.39. The summed E-state index contributed by atoms with van der Waals surface area (Å²) >= 11 is 0. The van der Waals surface area contributed by atoms with Crippen molar-refractivity contribution in [2.75, 3.05) is 0 Å². The van der Waals surface area contributed by atoms with Gasteiger partial charge in [0.25, 0.3) is 0 Å². The first-order valence-electron chi connectivity index (χ1n) is 9.65. The van der Waals surface area contributed by atoms with Crippen molar-refractivity contribution in [3.05, 3.63) is 11.6 Å². The van der Waals surface area contributed by atoms with E-state index in [-0.39, 0.29) is 10.8 Å². The first-order valence-corrected chi connectivity index (χ1v) is 9.65. The summed E-state index contributed by atoms with van der Waals surface area (Å²) in [6.45, 7) is 9.26. The van der Waals surface area contributed by atoms with Gasteiger partial charge in [-0.3, -0.25) is 4.79 Å². The van der Waals surface area contributed by atoms with Gasteiger partial charge in [-0.25, -0.2) is 0 Å². The van der Waals surface area contributed by atoms with Crippen LogP contribution in [0.5, 0.6) is 0 Å². The van der Waals surface area contributed by atoms with E-state index >= 15 is 0 Å². The molecule has 0 bridgehead atoms. The van der Waals surface area contributed by atoms with Crippen LogP contribution < -0.4 is 0 Å². The topological polar surface area (TPSA) is 37.3 Å². The van der Waals surface area contributed by atoms with Crippen LogP contribution in [0.15, 0.2) is 11.6 Å². The van der Waals surface area contributed by atoms with Crippen molar-refractivity contribution < 1.29 is 9.90 Å². The predicted molar refractivity (Wildman–Crippen MR) is 91.9 cm³/mol. The van der Waals surface area contributed by atoms with Gasteiger partial charge in [-0.15, -0.1) is 0 Å². The lowest BCUT2D eigenvalue weighted by atomic mass is 9.44. The molecule has 0 aromatic heterocycles. The summed E-state index contributed by atoms with van der Waals surface area (Å²) in [5.41, 5.74) is 1.27. The maximum atomic E-state index is 11.9. The molecule has 4 rings (SSSR count). The molecule has 0 aliphatic heterocycles. The van der Waals surface area contributed by atoms with Crippen LogP contribution in [0.4, 0.5) is 0 Å². The van der Waals surface area contributed by atoms with Crippen LogP contribution in [-0.2, 0) is 4.79 Å². The summed E-state index contributed by atoms with van der Waals surface area (Å²) in [4.78, 5) is 11.9. The Morgan fingerprint density at radius 1 is 1.09 bits per heavy atom. The van der Waals surface area contributed by atoms with Crippen molar-refractivity contribution in [2.45, 2.75) is 78.2 Å². The van der Waals surface area contributed by atoms with E-state index in [1.54, 1.807) is 0 Å². The fourth-order valence-corrected chi connectivity index (χ4v) is 7.15. The van der Waals surface area contributed by atoms with Crippen molar-refractivity contribution in [2.24, 2.45) is 34.5 Å². The fraction of sp³-hybridized carbons (Fsp3) is 0.857. The molecule has 3 fully saturated rings. The number of hydrogen-bond acceptors (Lipinski definition) is 2. The Balaban J connectivity index is 1.74. The normalized spacial score (nSPS) is 55.7. The molecule has 0 radical (unpaired) electrons. The molecule has 1 N–H and O–H groups in total. The lowest BCUT2D eigenvalue weighted by Crippen LogP contribution is -2.55. The van der Waals surface area contributed by atoms with Crippen LogP contribution in [0.2, 0.25) is 0 Å². The molecule has 4 aliphatic carbocycles. The molecule has 0 heterocycles. The number of carbonyl (C=O) groups is 1. The lowest BCUT2D eigenvalue weighted by molar-refractivity contribution is -0.132.